The Hall–Kier alpha value is -1.97. The molecule has 0 bridgehead atoms. The van der Waals surface area contributed by atoms with Crippen molar-refractivity contribution in [3.8, 4) is 0 Å². The molecule has 0 unspecified atom stereocenters. The van der Waals surface area contributed by atoms with Gasteiger partial charge in [-0.3, -0.25) is 0 Å². The van der Waals surface area contributed by atoms with Crippen LogP contribution in [0.2, 0.25) is 0 Å². The Morgan fingerprint density at radius 1 is 1.23 bits per heavy atom. The lowest BCUT2D eigenvalue weighted by Crippen LogP contribution is -2.02. The van der Waals surface area contributed by atoms with Crippen LogP contribution in [0.4, 0.5) is 4.79 Å². The second-order valence-corrected chi connectivity index (χ2v) is 2.83. The Balaban J connectivity index is 2.51. The predicted octanol–water partition coefficient (Wildman–Crippen LogP) is 1.44. The summed E-state index contributed by atoms with van der Waals surface area (Å²) in [6, 6.07) is 7.25. The summed E-state index contributed by atoms with van der Waals surface area (Å²) in [5.74, 6) is 0.617. The molecule has 2 heterocycles. The average Bonchev–Trinajstić information content (AvgIpc) is 2.66. The zero-order chi connectivity index (χ0) is 8.84. The maximum absolute atomic E-state index is 11.3. The van der Waals surface area contributed by atoms with Gasteiger partial charge in [-0.05, 0) is 12.1 Å². The van der Waals surface area contributed by atoms with E-state index in [1.165, 1.54) is 10.8 Å². The van der Waals surface area contributed by atoms with Gasteiger partial charge in [-0.1, -0.05) is 12.1 Å². The molecule has 0 saturated heterocycles. The number of aliphatic imine (C=N–C) groups is 1. The molecule has 0 radical (unpaired) electrons. The first kappa shape index (κ1) is 6.54. The minimum Gasteiger partial charge on any atom is -0.245 e. The third-order valence-corrected chi connectivity index (χ3v) is 2.07. The molecular formula is C9H5N3O. The smallest absolute Gasteiger partial charge is 0.245 e. The lowest BCUT2D eigenvalue weighted by atomic mass is 10.3. The first-order valence-electron chi connectivity index (χ1n) is 3.92. The maximum Gasteiger partial charge on any atom is 0.354 e. The van der Waals surface area contributed by atoms with Crippen molar-refractivity contribution >= 4 is 23.3 Å². The Morgan fingerprint density at radius 2 is 2.08 bits per heavy atom. The van der Waals surface area contributed by atoms with E-state index in [9.17, 15) is 4.79 Å². The number of carbonyl (C=O) groups is 1. The van der Waals surface area contributed by atoms with E-state index in [0.29, 0.717) is 5.82 Å². The largest absolute Gasteiger partial charge is 0.354 e. The van der Waals surface area contributed by atoms with Crippen LogP contribution in [0.5, 0.6) is 0 Å². The fourth-order valence-electron chi connectivity index (χ4n) is 1.50. The molecule has 0 aliphatic carbocycles. The molecule has 4 heteroatoms. The van der Waals surface area contributed by atoms with Gasteiger partial charge in [0, 0.05) is 0 Å². The molecule has 1 amide bonds. The van der Waals surface area contributed by atoms with Crippen LogP contribution in [0.25, 0.3) is 11.0 Å². The number of imidazole rings is 1. The molecule has 0 spiro atoms. The van der Waals surface area contributed by atoms with Gasteiger partial charge >= 0.3 is 6.03 Å². The summed E-state index contributed by atoms with van der Waals surface area (Å²) in [6.07, 6.45) is 1.49. The SMILES string of the molecule is O=C1N=Cc2nc3ccccc3n21. The number of aromatic nitrogens is 2. The Kier molecular flexibility index (Phi) is 1.02. The van der Waals surface area contributed by atoms with E-state index in [4.69, 9.17) is 0 Å². The highest BCUT2D eigenvalue weighted by molar-refractivity contribution is 6.04. The monoisotopic (exact) mass is 171 g/mol. The average molecular weight is 171 g/mol. The standard InChI is InChI=1S/C9H5N3O/c13-9-10-5-8-11-6-3-1-2-4-7(6)12(8)9/h1-5H. The van der Waals surface area contributed by atoms with Gasteiger partial charge in [-0.25, -0.2) is 14.3 Å². The maximum atomic E-state index is 11.3. The Labute approximate surface area is 73.5 Å². The second kappa shape index (κ2) is 2.04. The molecule has 1 aliphatic rings. The van der Waals surface area contributed by atoms with Crippen LogP contribution in [0, 0.1) is 0 Å². The van der Waals surface area contributed by atoms with E-state index < -0.39 is 0 Å². The molecule has 4 nitrogen and oxygen atoms in total. The number of para-hydroxylation sites is 2. The highest BCUT2D eigenvalue weighted by Gasteiger charge is 2.18. The molecule has 3 rings (SSSR count). The molecule has 0 atom stereocenters. The van der Waals surface area contributed by atoms with Gasteiger partial charge in [0.15, 0.2) is 5.82 Å². The van der Waals surface area contributed by atoms with Crippen LogP contribution in [-0.4, -0.2) is 21.8 Å². The number of nitrogens with zero attached hydrogens (tertiary/aromatic N) is 3. The minimum atomic E-state index is -0.260. The van der Waals surface area contributed by atoms with Gasteiger partial charge in [0.25, 0.3) is 0 Å². The van der Waals surface area contributed by atoms with Crippen molar-refractivity contribution in [3.63, 3.8) is 0 Å². The number of rotatable bonds is 0. The summed E-state index contributed by atoms with van der Waals surface area (Å²) in [5.41, 5.74) is 1.65. The number of amides is 1. The van der Waals surface area contributed by atoms with Crippen molar-refractivity contribution in [1.29, 1.82) is 0 Å². The third-order valence-electron chi connectivity index (χ3n) is 2.07. The van der Waals surface area contributed by atoms with Gasteiger partial charge in [0.2, 0.25) is 0 Å². The highest BCUT2D eigenvalue weighted by atomic mass is 16.2. The van der Waals surface area contributed by atoms with Crippen molar-refractivity contribution < 1.29 is 4.79 Å². The van der Waals surface area contributed by atoms with E-state index in [2.05, 4.69) is 9.98 Å². The molecule has 1 aliphatic heterocycles. The summed E-state index contributed by atoms with van der Waals surface area (Å²) in [6.45, 7) is 0. The van der Waals surface area contributed by atoms with Gasteiger partial charge in [-0.15, -0.1) is 0 Å². The summed E-state index contributed by atoms with van der Waals surface area (Å²) < 4.78 is 1.51. The summed E-state index contributed by atoms with van der Waals surface area (Å²) in [5, 5.41) is 0. The van der Waals surface area contributed by atoms with E-state index >= 15 is 0 Å². The normalized spacial score (nSPS) is 14.0. The number of hydrogen-bond donors (Lipinski definition) is 0. The zero-order valence-corrected chi connectivity index (χ0v) is 6.64. The van der Waals surface area contributed by atoms with Crippen LogP contribution in [0.15, 0.2) is 29.3 Å². The molecule has 1 aromatic carbocycles. The van der Waals surface area contributed by atoms with E-state index in [1.807, 2.05) is 24.3 Å². The fraction of sp³-hybridized carbons (Fsp3) is 0. The molecule has 0 N–H and O–H groups in total. The molecule has 2 aromatic rings. The quantitative estimate of drug-likeness (QED) is 0.602. The van der Waals surface area contributed by atoms with Crippen molar-refractivity contribution in [3.05, 3.63) is 30.1 Å². The number of carbonyl (C=O) groups excluding carboxylic acids is 1. The third kappa shape index (κ3) is 0.717. The van der Waals surface area contributed by atoms with Crippen LogP contribution < -0.4 is 0 Å². The van der Waals surface area contributed by atoms with Crippen molar-refractivity contribution in [2.24, 2.45) is 4.99 Å². The topological polar surface area (TPSA) is 47.2 Å². The van der Waals surface area contributed by atoms with Crippen LogP contribution in [0.3, 0.4) is 0 Å². The van der Waals surface area contributed by atoms with E-state index in [1.54, 1.807) is 0 Å². The minimum absolute atomic E-state index is 0.260. The van der Waals surface area contributed by atoms with Gasteiger partial charge in [0.05, 0.1) is 17.2 Å². The first-order valence-corrected chi connectivity index (χ1v) is 3.92. The second-order valence-electron chi connectivity index (χ2n) is 2.83. The zero-order valence-electron chi connectivity index (χ0n) is 6.64. The highest BCUT2D eigenvalue weighted by Crippen LogP contribution is 2.17. The van der Waals surface area contributed by atoms with Crippen molar-refractivity contribution in [2.75, 3.05) is 0 Å². The van der Waals surface area contributed by atoms with Gasteiger partial charge in [-0.2, -0.15) is 4.99 Å². The number of hydrogen-bond acceptors (Lipinski definition) is 2. The lowest BCUT2D eigenvalue weighted by Gasteiger charge is -1.92. The fourth-order valence-corrected chi connectivity index (χ4v) is 1.50. The Morgan fingerprint density at radius 3 is 3.00 bits per heavy atom. The predicted molar refractivity (Wildman–Crippen MR) is 48.1 cm³/mol. The summed E-state index contributed by atoms with van der Waals surface area (Å²) in [7, 11) is 0. The van der Waals surface area contributed by atoms with Crippen LogP contribution in [-0.2, 0) is 0 Å². The molecule has 1 aromatic heterocycles. The summed E-state index contributed by atoms with van der Waals surface area (Å²) >= 11 is 0. The van der Waals surface area contributed by atoms with Gasteiger partial charge < -0.3 is 0 Å². The Bertz CT molecular complexity index is 539. The van der Waals surface area contributed by atoms with Crippen molar-refractivity contribution in [1.82, 2.24) is 9.55 Å². The van der Waals surface area contributed by atoms with Gasteiger partial charge in [0.1, 0.15) is 0 Å². The number of benzene rings is 1. The van der Waals surface area contributed by atoms with Crippen molar-refractivity contribution in [2.45, 2.75) is 0 Å². The molecule has 62 valence electrons. The summed E-state index contributed by atoms with van der Waals surface area (Å²) in [4.78, 5) is 19.2. The van der Waals surface area contributed by atoms with E-state index in [0.717, 1.165) is 11.0 Å². The molecule has 0 saturated carbocycles. The lowest BCUT2D eigenvalue weighted by molar-refractivity contribution is 0.252. The molecule has 13 heavy (non-hydrogen) atoms. The molecular weight excluding hydrogens is 166 g/mol. The van der Waals surface area contributed by atoms with E-state index in [-0.39, 0.29) is 6.03 Å². The van der Waals surface area contributed by atoms with Crippen LogP contribution >= 0.6 is 0 Å². The molecule has 0 fully saturated rings. The van der Waals surface area contributed by atoms with Crippen LogP contribution in [0.1, 0.15) is 5.82 Å². The first-order chi connectivity index (χ1) is 6.36. The number of fused-ring (bicyclic) bond motifs is 3.